The first-order valence-corrected chi connectivity index (χ1v) is 7.01. The molecule has 96 valence electrons. The Morgan fingerprint density at radius 1 is 1.24 bits per heavy atom. The molecule has 2 N–H and O–H groups in total. The maximum atomic E-state index is 6.34. The second kappa shape index (κ2) is 6.53. The molecule has 1 rings (SSSR count). The quantitative estimate of drug-likeness (QED) is 0.872. The number of nitrogens with two attached hydrogens (primary N) is 1. The predicted octanol–water partition coefficient (Wildman–Crippen LogP) is 3.40. The van der Waals surface area contributed by atoms with Gasteiger partial charge < -0.3 is 10.6 Å². The molecule has 0 saturated carbocycles. The van der Waals surface area contributed by atoms with E-state index < -0.39 is 0 Å². The van der Waals surface area contributed by atoms with Crippen LogP contribution in [-0.4, -0.2) is 24.0 Å². The highest BCUT2D eigenvalue weighted by atomic mass is 79.9. The zero-order valence-corrected chi connectivity index (χ0v) is 12.6. The molecule has 0 unspecified atom stereocenters. The SMILES string of the molecule is CCC(N)(CC)CN(C)Cc1ccccc1Br. The van der Waals surface area contributed by atoms with Gasteiger partial charge >= 0.3 is 0 Å². The van der Waals surface area contributed by atoms with Gasteiger partial charge in [-0.1, -0.05) is 48.0 Å². The lowest BCUT2D eigenvalue weighted by Gasteiger charge is -2.32. The summed E-state index contributed by atoms with van der Waals surface area (Å²) in [6, 6.07) is 8.34. The predicted molar refractivity (Wildman–Crippen MR) is 78.0 cm³/mol. The summed E-state index contributed by atoms with van der Waals surface area (Å²) >= 11 is 3.58. The first-order valence-electron chi connectivity index (χ1n) is 6.21. The van der Waals surface area contributed by atoms with Crippen LogP contribution < -0.4 is 5.73 Å². The largest absolute Gasteiger partial charge is 0.324 e. The van der Waals surface area contributed by atoms with Crippen LogP contribution in [0.5, 0.6) is 0 Å². The maximum absolute atomic E-state index is 6.34. The Morgan fingerprint density at radius 2 is 1.82 bits per heavy atom. The van der Waals surface area contributed by atoms with E-state index in [9.17, 15) is 0 Å². The Kier molecular flexibility index (Phi) is 5.63. The van der Waals surface area contributed by atoms with Gasteiger partial charge in [0, 0.05) is 23.1 Å². The van der Waals surface area contributed by atoms with Crippen LogP contribution in [-0.2, 0) is 6.54 Å². The van der Waals surface area contributed by atoms with Gasteiger partial charge in [-0.05, 0) is 31.5 Å². The van der Waals surface area contributed by atoms with Crippen molar-refractivity contribution < 1.29 is 0 Å². The van der Waals surface area contributed by atoms with Crippen molar-refractivity contribution >= 4 is 15.9 Å². The van der Waals surface area contributed by atoms with Crippen molar-refractivity contribution in [2.75, 3.05) is 13.6 Å². The molecule has 2 nitrogen and oxygen atoms in total. The highest BCUT2D eigenvalue weighted by Crippen LogP contribution is 2.19. The lowest BCUT2D eigenvalue weighted by atomic mass is 9.93. The van der Waals surface area contributed by atoms with Crippen molar-refractivity contribution in [1.29, 1.82) is 0 Å². The highest BCUT2D eigenvalue weighted by Gasteiger charge is 2.22. The van der Waals surface area contributed by atoms with Crippen LogP contribution in [0.1, 0.15) is 32.3 Å². The van der Waals surface area contributed by atoms with Gasteiger partial charge in [-0.3, -0.25) is 0 Å². The second-order valence-electron chi connectivity index (χ2n) is 4.83. The fraction of sp³-hybridized carbons (Fsp3) is 0.571. The summed E-state index contributed by atoms with van der Waals surface area (Å²) in [5, 5.41) is 0. The van der Waals surface area contributed by atoms with E-state index in [4.69, 9.17) is 5.73 Å². The molecule has 0 aromatic heterocycles. The van der Waals surface area contributed by atoms with E-state index in [1.807, 2.05) is 6.07 Å². The molecule has 1 aromatic rings. The monoisotopic (exact) mass is 298 g/mol. The first kappa shape index (κ1) is 14.7. The number of nitrogens with zero attached hydrogens (tertiary/aromatic N) is 1. The minimum absolute atomic E-state index is 0.0595. The van der Waals surface area contributed by atoms with Crippen LogP contribution in [0.25, 0.3) is 0 Å². The number of benzene rings is 1. The molecule has 3 heteroatoms. The van der Waals surface area contributed by atoms with E-state index in [0.29, 0.717) is 0 Å². The number of likely N-dealkylation sites (N-methyl/N-ethyl adjacent to an activating group) is 1. The fourth-order valence-electron chi connectivity index (χ4n) is 1.98. The van der Waals surface area contributed by atoms with Crippen LogP contribution in [0.15, 0.2) is 28.7 Å². The Bertz CT molecular complexity index is 348. The third kappa shape index (κ3) is 4.41. The smallest absolute Gasteiger partial charge is 0.0278 e. The van der Waals surface area contributed by atoms with E-state index in [1.165, 1.54) is 10.0 Å². The second-order valence-corrected chi connectivity index (χ2v) is 5.69. The van der Waals surface area contributed by atoms with Gasteiger partial charge in [0.05, 0.1) is 0 Å². The lowest BCUT2D eigenvalue weighted by Crippen LogP contribution is -2.48. The molecule has 0 atom stereocenters. The van der Waals surface area contributed by atoms with Gasteiger partial charge in [0.15, 0.2) is 0 Å². The third-order valence-corrected chi connectivity index (χ3v) is 4.16. The van der Waals surface area contributed by atoms with E-state index in [2.05, 4.69) is 59.9 Å². The van der Waals surface area contributed by atoms with Gasteiger partial charge in [-0.15, -0.1) is 0 Å². The normalized spacial score (nSPS) is 12.1. The molecule has 0 aliphatic heterocycles. The summed E-state index contributed by atoms with van der Waals surface area (Å²) < 4.78 is 1.17. The summed E-state index contributed by atoms with van der Waals surface area (Å²) in [5.41, 5.74) is 7.59. The first-order chi connectivity index (χ1) is 8.00. The molecular weight excluding hydrogens is 276 g/mol. The summed E-state index contributed by atoms with van der Waals surface area (Å²) in [5.74, 6) is 0. The molecule has 0 aliphatic carbocycles. The minimum Gasteiger partial charge on any atom is -0.324 e. The van der Waals surface area contributed by atoms with E-state index in [0.717, 1.165) is 25.9 Å². The molecule has 0 heterocycles. The minimum atomic E-state index is -0.0595. The van der Waals surface area contributed by atoms with E-state index in [1.54, 1.807) is 0 Å². The molecule has 17 heavy (non-hydrogen) atoms. The third-order valence-electron chi connectivity index (χ3n) is 3.39. The van der Waals surface area contributed by atoms with Gasteiger partial charge in [0.25, 0.3) is 0 Å². The number of rotatable bonds is 6. The van der Waals surface area contributed by atoms with Crippen molar-refractivity contribution in [1.82, 2.24) is 4.90 Å². The summed E-state index contributed by atoms with van der Waals surface area (Å²) in [7, 11) is 2.13. The lowest BCUT2D eigenvalue weighted by molar-refractivity contribution is 0.228. The zero-order chi connectivity index (χ0) is 12.9. The number of hydrogen-bond donors (Lipinski definition) is 1. The fourth-order valence-corrected chi connectivity index (χ4v) is 2.39. The van der Waals surface area contributed by atoms with Crippen LogP contribution in [0.2, 0.25) is 0 Å². The number of hydrogen-bond acceptors (Lipinski definition) is 2. The van der Waals surface area contributed by atoms with Crippen molar-refractivity contribution in [3.8, 4) is 0 Å². The van der Waals surface area contributed by atoms with E-state index in [-0.39, 0.29) is 5.54 Å². The summed E-state index contributed by atoms with van der Waals surface area (Å²) in [6.07, 6.45) is 2.04. The van der Waals surface area contributed by atoms with Gasteiger partial charge in [0.2, 0.25) is 0 Å². The maximum Gasteiger partial charge on any atom is 0.0278 e. The van der Waals surface area contributed by atoms with Gasteiger partial charge in [-0.2, -0.15) is 0 Å². The topological polar surface area (TPSA) is 29.3 Å². The Labute approximate surface area is 113 Å². The average molecular weight is 299 g/mol. The standard InChI is InChI=1S/C14H23BrN2/c1-4-14(16,5-2)11-17(3)10-12-8-6-7-9-13(12)15/h6-9H,4-5,10-11,16H2,1-3H3. The van der Waals surface area contributed by atoms with Crippen molar-refractivity contribution in [3.05, 3.63) is 34.3 Å². The average Bonchev–Trinajstić information content (AvgIpc) is 2.32. The van der Waals surface area contributed by atoms with Crippen LogP contribution >= 0.6 is 15.9 Å². The zero-order valence-electron chi connectivity index (χ0n) is 11.0. The molecule has 0 saturated heterocycles. The van der Waals surface area contributed by atoms with Crippen molar-refractivity contribution in [2.45, 2.75) is 38.8 Å². The van der Waals surface area contributed by atoms with Gasteiger partial charge in [0.1, 0.15) is 0 Å². The highest BCUT2D eigenvalue weighted by molar-refractivity contribution is 9.10. The van der Waals surface area contributed by atoms with E-state index >= 15 is 0 Å². The van der Waals surface area contributed by atoms with Crippen LogP contribution in [0.4, 0.5) is 0 Å². The Hall–Kier alpha value is -0.380. The van der Waals surface area contributed by atoms with Gasteiger partial charge in [-0.25, -0.2) is 0 Å². The van der Waals surface area contributed by atoms with Crippen LogP contribution in [0.3, 0.4) is 0 Å². The molecule has 1 aromatic carbocycles. The molecule has 0 spiro atoms. The molecule has 0 amide bonds. The molecule has 0 radical (unpaired) electrons. The Morgan fingerprint density at radius 3 is 2.35 bits per heavy atom. The summed E-state index contributed by atoms with van der Waals surface area (Å²) in [6.45, 7) is 6.19. The summed E-state index contributed by atoms with van der Waals surface area (Å²) in [4.78, 5) is 2.30. The van der Waals surface area contributed by atoms with Crippen LogP contribution in [0, 0.1) is 0 Å². The molecule has 0 fully saturated rings. The Balaban J connectivity index is 2.61. The molecule has 0 bridgehead atoms. The number of halogens is 1. The van der Waals surface area contributed by atoms with Crippen molar-refractivity contribution in [3.63, 3.8) is 0 Å². The van der Waals surface area contributed by atoms with Crippen molar-refractivity contribution in [2.24, 2.45) is 5.73 Å². The molecule has 0 aliphatic rings. The molecular formula is C14H23BrN2.